The van der Waals surface area contributed by atoms with Gasteiger partial charge in [0.1, 0.15) is 0 Å². The van der Waals surface area contributed by atoms with E-state index in [0.717, 1.165) is 6.42 Å². The molecule has 28 heavy (non-hydrogen) atoms. The van der Waals surface area contributed by atoms with Crippen LogP contribution in [0.3, 0.4) is 0 Å². The zero-order chi connectivity index (χ0) is 19.9. The largest absolute Gasteiger partial charge is 0.483 e. The molecule has 1 aromatic heterocycles. The van der Waals surface area contributed by atoms with Crippen LogP contribution in [0.5, 0.6) is 0 Å². The minimum atomic E-state index is -0.261. The number of benzene rings is 1. The Labute approximate surface area is 166 Å². The maximum absolute atomic E-state index is 12.8. The summed E-state index contributed by atoms with van der Waals surface area (Å²) in [6.07, 6.45) is 4.95. The Kier molecular flexibility index (Phi) is 6.54. The van der Waals surface area contributed by atoms with E-state index in [9.17, 15) is 9.59 Å². The molecule has 1 atom stereocenters. The second-order valence-electron chi connectivity index (χ2n) is 6.46. The Morgan fingerprint density at radius 3 is 2.64 bits per heavy atom. The molecule has 2 aliphatic rings. The molecule has 0 radical (unpaired) electrons. The number of rotatable bonds is 3. The van der Waals surface area contributed by atoms with Crippen molar-refractivity contribution in [3.63, 3.8) is 0 Å². The fourth-order valence-electron chi connectivity index (χ4n) is 3.45. The molecule has 2 aliphatic heterocycles. The molecule has 0 saturated carbocycles. The number of nitrogens with zero attached hydrogens (tertiary/aromatic N) is 3. The first kappa shape index (κ1) is 19.8. The highest BCUT2D eigenvalue weighted by Gasteiger charge is 2.38. The summed E-state index contributed by atoms with van der Waals surface area (Å²) in [4.78, 5) is 41.1. The van der Waals surface area contributed by atoms with E-state index in [1.54, 1.807) is 11.1 Å². The van der Waals surface area contributed by atoms with Gasteiger partial charge in [0.2, 0.25) is 11.8 Å². The number of amides is 2. The van der Waals surface area contributed by atoms with E-state index in [0.29, 0.717) is 24.8 Å². The van der Waals surface area contributed by atoms with Crippen LogP contribution in [0.15, 0.2) is 48.0 Å². The third-order valence-corrected chi connectivity index (χ3v) is 5.58. The first-order valence-corrected chi connectivity index (χ1v) is 9.83. The highest BCUT2D eigenvalue weighted by Crippen LogP contribution is 2.29. The molecule has 0 aliphatic carbocycles. The summed E-state index contributed by atoms with van der Waals surface area (Å²) in [5.74, 6) is -0.190. The van der Waals surface area contributed by atoms with Gasteiger partial charge >= 0.3 is 0 Å². The molecule has 0 spiro atoms. The van der Waals surface area contributed by atoms with Crippen molar-refractivity contribution in [3.8, 4) is 0 Å². The fraction of sp³-hybridized carbons (Fsp3) is 0.300. The third-order valence-electron chi connectivity index (χ3n) is 4.79. The standard InChI is InChI=1S/C19H19N3O2S.CH2O2/c23-17-12-16(13-22(17)19-20-8-11-25-19)18(24)21-9-6-15(7-10-21)14-4-2-1-3-5-14;2-1-3/h1-6,8,11,16H,7,9-10,12-13H2;1H,(H,2,3). The van der Waals surface area contributed by atoms with Crippen LogP contribution < -0.4 is 4.90 Å². The van der Waals surface area contributed by atoms with Gasteiger partial charge in [-0.15, -0.1) is 11.3 Å². The van der Waals surface area contributed by atoms with E-state index < -0.39 is 0 Å². The molecule has 8 heteroatoms. The number of carboxylic acid groups (broad SMARTS) is 1. The molecule has 4 rings (SSSR count). The van der Waals surface area contributed by atoms with E-state index >= 15 is 0 Å². The molecule has 1 saturated heterocycles. The first-order valence-electron chi connectivity index (χ1n) is 8.95. The SMILES string of the molecule is O=C(C1CC(=O)N(c2nccs2)C1)N1CC=C(c2ccccc2)CC1.O=CO. The van der Waals surface area contributed by atoms with Gasteiger partial charge in [0, 0.05) is 37.6 Å². The maximum atomic E-state index is 12.8. The van der Waals surface area contributed by atoms with E-state index in [4.69, 9.17) is 9.90 Å². The summed E-state index contributed by atoms with van der Waals surface area (Å²) < 4.78 is 0. The Balaban J connectivity index is 0.000000706. The molecule has 1 N–H and O–H groups in total. The molecule has 0 bridgehead atoms. The van der Waals surface area contributed by atoms with Crippen molar-refractivity contribution in [2.45, 2.75) is 12.8 Å². The Hall–Kier alpha value is -3.00. The number of carbonyl (C=O) groups excluding carboxylic acids is 2. The lowest BCUT2D eigenvalue weighted by Crippen LogP contribution is -2.39. The van der Waals surface area contributed by atoms with Crippen molar-refractivity contribution in [1.82, 2.24) is 9.88 Å². The van der Waals surface area contributed by atoms with Crippen LogP contribution >= 0.6 is 11.3 Å². The Morgan fingerprint density at radius 2 is 2.04 bits per heavy atom. The number of aromatic nitrogens is 1. The number of hydrogen-bond donors (Lipinski definition) is 1. The van der Waals surface area contributed by atoms with E-state index in [1.807, 2.05) is 28.5 Å². The van der Waals surface area contributed by atoms with Gasteiger partial charge in [0.15, 0.2) is 5.13 Å². The predicted molar refractivity (Wildman–Crippen MR) is 107 cm³/mol. The summed E-state index contributed by atoms with van der Waals surface area (Å²) in [6.45, 7) is 1.52. The van der Waals surface area contributed by atoms with Gasteiger partial charge in [-0.3, -0.25) is 19.3 Å². The molecule has 1 fully saturated rings. The summed E-state index contributed by atoms with van der Waals surface area (Å²) in [7, 11) is 0. The van der Waals surface area contributed by atoms with Crippen LogP contribution in [-0.2, 0) is 14.4 Å². The lowest BCUT2D eigenvalue weighted by atomic mass is 9.98. The van der Waals surface area contributed by atoms with Crippen molar-refractivity contribution < 1.29 is 19.5 Å². The first-order chi connectivity index (χ1) is 13.6. The van der Waals surface area contributed by atoms with Gasteiger partial charge < -0.3 is 10.0 Å². The highest BCUT2D eigenvalue weighted by atomic mass is 32.1. The second kappa shape index (κ2) is 9.27. The second-order valence-corrected chi connectivity index (χ2v) is 7.33. The van der Waals surface area contributed by atoms with E-state index in [2.05, 4.69) is 23.2 Å². The van der Waals surface area contributed by atoms with Gasteiger partial charge in [0.05, 0.1) is 5.92 Å². The third kappa shape index (κ3) is 4.45. The van der Waals surface area contributed by atoms with Gasteiger partial charge in [0.25, 0.3) is 6.47 Å². The molecule has 146 valence electrons. The van der Waals surface area contributed by atoms with E-state index in [1.165, 1.54) is 22.5 Å². The molecule has 1 unspecified atom stereocenters. The van der Waals surface area contributed by atoms with Crippen LogP contribution in [0.2, 0.25) is 0 Å². The number of hydrogen-bond acceptors (Lipinski definition) is 5. The van der Waals surface area contributed by atoms with Crippen LogP contribution in [0.4, 0.5) is 5.13 Å². The van der Waals surface area contributed by atoms with Gasteiger partial charge in [-0.1, -0.05) is 36.4 Å². The average Bonchev–Trinajstić information content (AvgIpc) is 3.38. The molecular weight excluding hydrogens is 378 g/mol. The summed E-state index contributed by atoms with van der Waals surface area (Å²) >= 11 is 1.43. The Morgan fingerprint density at radius 1 is 1.29 bits per heavy atom. The molecule has 2 aromatic rings. The number of thiazole rings is 1. The van der Waals surface area contributed by atoms with Crippen LogP contribution in [0.25, 0.3) is 5.57 Å². The van der Waals surface area contributed by atoms with Crippen LogP contribution in [-0.4, -0.2) is 52.9 Å². The smallest absolute Gasteiger partial charge is 0.290 e. The van der Waals surface area contributed by atoms with Crippen molar-refractivity contribution in [2.24, 2.45) is 5.92 Å². The van der Waals surface area contributed by atoms with Crippen molar-refractivity contribution >= 4 is 40.3 Å². The fourth-order valence-corrected chi connectivity index (χ4v) is 4.12. The minimum Gasteiger partial charge on any atom is -0.483 e. The predicted octanol–water partition coefficient (Wildman–Crippen LogP) is 2.51. The quantitative estimate of drug-likeness (QED) is 0.801. The summed E-state index contributed by atoms with van der Waals surface area (Å²) in [5, 5.41) is 9.42. The molecule has 1 aromatic carbocycles. The molecule has 3 heterocycles. The van der Waals surface area contributed by atoms with Gasteiger partial charge in [-0.05, 0) is 17.6 Å². The van der Waals surface area contributed by atoms with Gasteiger partial charge in [-0.25, -0.2) is 4.98 Å². The number of anilines is 1. The van der Waals surface area contributed by atoms with Gasteiger partial charge in [-0.2, -0.15) is 0 Å². The topological polar surface area (TPSA) is 90.8 Å². The monoisotopic (exact) mass is 399 g/mol. The Bertz CT molecular complexity index is 852. The lowest BCUT2D eigenvalue weighted by molar-refractivity contribution is -0.135. The van der Waals surface area contributed by atoms with Crippen molar-refractivity contribution in [3.05, 3.63) is 53.5 Å². The van der Waals surface area contributed by atoms with Crippen molar-refractivity contribution in [1.29, 1.82) is 0 Å². The summed E-state index contributed by atoms with van der Waals surface area (Å²) in [5.41, 5.74) is 2.51. The van der Waals surface area contributed by atoms with Crippen LogP contribution in [0.1, 0.15) is 18.4 Å². The molecular formula is C20H21N3O4S. The normalized spacial score (nSPS) is 18.9. The average molecular weight is 399 g/mol. The summed E-state index contributed by atoms with van der Waals surface area (Å²) in [6, 6.07) is 10.3. The molecule has 2 amide bonds. The molecule has 7 nitrogen and oxygen atoms in total. The zero-order valence-electron chi connectivity index (χ0n) is 15.2. The lowest BCUT2D eigenvalue weighted by Gasteiger charge is -2.28. The van der Waals surface area contributed by atoms with E-state index in [-0.39, 0.29) is 30.6 Å². The van der Waals surface area contributed by atoms with Crippen LogP contribution in [0, 0.1) is 5.92 Å². The highest BCUT2D eigenvalue weighted by molar-refractivity contribution is 7.13. The number of carbonyl (C=O) groups is 3. The minimum absolute atomic E-state index is 0.00849. The maximum Gasteiger partial charge on any atom is 0.290 e. The van der Waals surface area contributed by atoms with Crippen molar-refractivity contribution in [2.75, 3.05) is 24.5 Å². The zero-order valence-corrected chi connectivity index (χ0v) is 16.0.